The van der Waals surface area contributed by atoms with Gasteiger partial charge in [-0.3, -0.25) is 0 Å². The summed E-state index contributed by atoms with van der Waals surface area (Å²) in [7, 11) is 0. The molecule has 27 heavy (non-hydrogen) atoms. The zero-order valence-corrected chi connectivity index (χ0v) is 17.8. The number of hydrogen-bond donors (Lipinski definition) is 0. The summed E-state index contributed by atoms with van der Waals surface area (Å²) >= 11 is 2.19. The summed E-state index contributed by atoms with van der Waals surface area (Å²) in [6, 6.07) is 18.5. The average Bonchev–Trinajstić information content (AvgIpc) is 2.69. The first kappa shape index (κ1) is 20.0. The van der Waals surface area contributed by atoms with E-state index in [1.54, 1.807) is 12.1 Å². The molecule has 0 radical (unpaired) electrons. The van der Waals surface area contributed by atoms with Crippen molar-refractivity contribution >= 4 is 22.6 Å². The number of rotatable bonds is 6. The summed E-state index contributed by atoms with van der Waals surface area (Å²) < 4.78 is 30.5. The Hall–Kier alpha value is -1.75. The van der Waals surface area contributed by atoms with Crippen LogP contribution < -0.4 is 0 Å². The fourth-order valence-electron chi connectivity index (χ4n) is 3.09. The third kappa shape index (κ3) is 4.75. The Labute approximate surface area is 173 Å². The van der Waals surface area contributed by atoms with Crippen LogP contribution in [0.15, 0.2) is 60.7 Å². The lowest BCUT2D eigenvalue weighted by molar-refractivity contribution is 0.513. The molecule has 3 aromatic carbocycles. The summed E-state index contributed by atoms with van der Waals surface area (Å²) in [6.45, 7) is 4.45. The van der Waals surface area contributed by atoms with Crippen molar-refractivity contribution in [3.8, 4) is 22.3 Å². The molecule has 1 atom stereocenters. The molecule has 0 aliphatic carbocycles. The molecule has 3 heteroatoms. The second kappa shape index (κ2) is 8.96. The van der Waals surface area contributed by atoms with Crippen molar-refractivity contribution in [1.82, 2.24) is 0 Å². The van der Waals surface area contributed by atoms with Crippen molar-refractivity contribution in [2.45, 2.75) is 33.1 Å². The molecule has 0 aliphatic rings. The molecule has 0 spiro atoms. The zero-order valence-electron chi connectivity index (χ0n) is 15.6. The molecule has 0 N–H and O–H groups in total. The van der Waals surface area contributed by atoms with Crippen molar-refractivity contribution in [2.24, 2.45) is 5.92 Å². The maximum absolute atomic E-state index is 14.7. The molecule has 0 heterocycles. The van der Waals surface area contributed by atoms with E-state index < -0.39 is 11.6 Å². The Kier molecular flexibility index (Phi) is 6.64. The molecule has 0 bridgehead atoms. The fourth-order valence-corrected chi connectivity index (χ4v) is 3.45. The van der Waals surface area contributed by atoms with E-state index >= 15 is 0 Å². The predicted molar refractivity (Wildman–Crippen MR) is 118 cm³/mol. The van der Waals surface area contributed by atoms with Gasteiger partial charge >= 0.3 is 0 Å². The number of halogens is 3. The number of benzene rings is 3. The average molecular weight is 476 g/mol. The summed E-state index contributed by atoms with van der Waals surface area (Å²) in [5.41, 5.74) is 3.20. The SMILES string of the molecule is CC[C@@H](C)CCc1ccc(-c2ccc(-c3ccc(I)cc3)c(F)c2F)cc1. The van der Waals surface area contributed by atoms with Crippen LogP contribution in [0.2, 0.25) is 0 Å². The first-order valence-corrected chi connectivity index (χ1v) is 10.4. The van der Waals surface area contributed by atoms with Crippen molar-refractivity contribution in [3.63, 3.8) is 0 Å². The van der Waals surface area contributed by atoms with E-state index in [0.717, 1.165) is 16.4 Å². The van der Waals surface area contributed by atoms with Crippen molar-refractivity contribution < 1.29 is 8.78 Å². The van der Waals surface area contributed by atoms with Crippen LogP contribution >= 0.6 is 22.6 Å². The Bertz CT molecular complexity index is 899. The molecule has 0 aliphatic heterocycles. The Morgan fingerprint density at radius 1 is 0.778 bits per heavy atom. The third-order valence-electron chi connectivity index (χ3n) is 5.13. The largest absolute Gasteiger partial charge is 0.203 e. The molecule has 140 valence electrons. The van der Waals surface area contributed by atoms with Gasteiger partial charge in [0.2, 0.25) is 0 Å². The Morgan fingerprint density at radius 2 is 1.26 bits per heavy atom. The highest BCUT2D eigenvalue weighted by atomic mass is 127. The first-order valence-electron chi connectivity index (χ1n) is 9.32. The zero-order chi connectivity index (χ0) is 19.4. The van der Waals surface area contributed by atoms with Gasteiger partial charge in [-0.2, -0.15) is 0 Å². The van der Waals surface area contributed by atoms with Crippen LogP contribution in [0.5, 0.6) is 0 Å². The van der Waals surface area contributed by atoms with Gasteiger partial charge in [-0.15, -0.1) is 0 Å². The first-order chi connectivity index (χ1) is 13.0. The molecule has 3 rings (SSSR count). The topological polar surface area (TPSA) is 0 Å². The molecule has 0 saturated carbocycles. The quantitative estimate of drug-likeness (QED) is 0.318. The lowest BCUT2D eigenvalue weighted by Gasteiger charge is -2.11. The van der Waals surface area contributed by atoms with Crippen molar-refractivity contribution in [3.05, 3.63) is 81.4 Å². The molecule has 0 amide bonds. The van der Waals surface area contributed by atoms with Crippen LogP contribution in [0.3, 0.4) is 0 Å². The summed E-state index contributed by atoms with van der Waals surface area (Å²) in [6.07, 6.45) is 3.33. The smallest absolute Gasteiger partial charge is 0.167 e. The second-order valence-electron chi connectivity index (χ2n) is 7.04. The summed E-state index contributed by atoms with van der Waals surface area (Å²) in [5.74, 6) is -0.891. The monoisotopic (exact) mass is 476 g/mol. The lowest BCUT2D eigenvalue weighted by atomic mass is 9.96. The minimum absolute atomic E-state index is 0.290. The van der Waals surface area contributed by atoms with Gasteiger partial charge in [0.15, 0.2) is 11.6 Å². The van der Waals surface area contributed by atoms with Crippen LogP contribution in [-0.4, -0.2) is 0 Å². The molecule has 3 aromatic rings. The van der Waals surface area contributed by atoms with Crippen LogP contribution in [0.4, 0.5) is 8.78 Å². The molecular weight excluding hydrogens is 453 g/mol. The van der Waals surface area contributed by atoms with E-state index in [1.165, 1.54) is 12.0 Å². The predicted octanol–water partition coefficient (Wildman–Crippen LogP) is 7.88. The van der Waals surface area contributed by atoms with E-state index in [9.17, 15) is 8.78 Å². The Morgan fingerprint density at radius 3 is 1.74 bits per heavy atom. The second-order valence-corrected chi connectivity index (χ2v) is 8.29. The van der Waals surface area contributed by atoms with Gasteiger partial charge in [0.05, 0.1) is 0 Å². The molecular formula is C24H23F2I. The summed E-state index contributed by atoms with van der Waals surface area (Å²) in [4.78, 5) is 0. The highest BCUT2D eigenvalue weighted by molar-refractivity contribution is 14.1. The van der Waals surface area contributed by atoms with E-state index in [2.05, 4.69) is 36.4 Å². The fraction of sp³-hybridized carbons (Fsp3) is 0.250. The van der Waals surface area contributed by atoms with Crippen LogP contribution in [0.25, 0.3) is 22.3 Å². The Balaban J connectivity index is 1.85. The van der Waals surface area contributed by atoms with Gasteiger partial charge < -0.3 is 0 Å². The third-order valence-corrected chi connectivity index (χ3v) is 5.84. The van der Waals surface area contributed by atoms with Gasteiger partial charge in [-0.05, 0) is 70.2 Å². The van der Waals surface area contributed by atoms with E-state index in [-0.39, 0.29) is 5.56 Å². The van der Waals surface area contributed by atoms with Crippen LogP contribution in [0.1, 0.15) is 32.3 Å². The molecule has 0 nitrogen and oxygen atoms in total. The van der Waals surface area contributed by atoms with Crippen LogP contribution in [0, 0.1) is 21.1 Å². The number of aryl methyl sites for hydroxylation is 1. The van der Waals surface area contributed by atoms with Gasteiger partial charge in [-0.25, -0.2) is 8.78 Å². The van der Waals surface area contributed by atoms with Crippen LogP contribution in [-0.2, 0) is 6.42 Å². The highest BCUT2D eigenvalue weighted by Gasteiger charge is 2.16. The van der Waals surface area contributed by atoms with E-state index in [0.29, 0.717) is 22.6 Å². The maximum atomic E-state index is 14.7. The van der Waals surface area contributed by atoms with Gasteiger partial charge in [0, 0.05) is 14.7 Å². The maximum Gasteiger partial charge on any atom is 0.167 e. The van der Waals surface area contributed by atoms with Gasteiger partial charge in [-0.1, -0.05) is 68.8 Å². The standard InChI is InChI=1S/C24H23F2I/c1-3-16(2)4-5-17-6-8-18(9-7-17)21-14-15-22(24(26)23(21)25)19-10-12-20(27)13-11-19/h6-16H,3-5H2,1-2H3/t16-/m1/s1. The normalized spacial score (nSPS) is 12.2. The van der Waals surface area contributed by atoms with Gasteiger partial charge in [0.1, 0.15) is 0 Å². The minimum Gasteiger partial charge on any atom is -0.203 e. The minimum atomic E-state index is -0.797. The van der Waals surface area contributed by atoms with Crippen molar-refractivity contribution in [2.75, 3.05) is 0 Å². The summed E-state index contributed by atoms with van der Waals surface area (Å²) in [5, 5.41) is 0. The van der Waals surface area contributed by atoms with Gasteiger partial charge in [0.25, 0.3) is 0 Å². The lowest BCUT2D eigenvalue weighted by Crippen LogP contribution is -1.96. The van der Waals surface area contributed by atoms with E-state index in [4.69, 9.17) is 0 Å². The molecule has 0 saturated heterocycles. The van der Waals surface area contributed by atoms with E-state index in [1.807, 2.05) is 48.5 Å². The highest BCUT2D eigenvalue weighted by Crippen LogP contribution is 2.32. The molecule has 0 unspecified atom stereocenters. The number of hydrogen-bond acceptors (Lipinski definition) is 0. The van der Waals surface area contributed by atoms with Crippen molar-refractivity contribution in [1.29, 1.82) is 0 Å². The molecule has 0 aromatic heterocycles. The molecule has 0 fully saturated rings.